The molecule has 0 radical (unpaired) electrons. The van der Waals surface area contributed by atoms with Crippen molar-refractivity contribution in [3.63, 3.8) is 0 Å². The van der Waals surface area contributed by atoms with E-state index in [1.807, 2.05) is 42.5 Å². The van der Waals surface area contributed by atoms with Crippen LogP contribution in [0.4, 0.5) is 0 Å². The largest absolute Gasteiger partial charge is 0.440 e. The van der Waals surface area contributed by atoms with Gasteiger partial charge in [-0.15, -0.1) is 24.8 Å². The van der Waals surface area contributed by atoms with Gasteiger partial charge in [-0.05, 0) is 24.3 Å². The van der Waals surface area contributed by atoms with Crippen molar-refractivity contribution in [1.82, 2.24) is 9.97 Å². The maximum atomic E-state index is 5.79. The molecule has 1 aromatic carbocycles. The van der Waals surface area contributed by atoms with Crippen molar-refractivity contribution in [2.45, 2.75) is 12.3 Å². The molecule has 2 heterocycles. The zero-order chi connectivity index (χ0) is 13.1. The van der Waals surface area contributed by atoms with Gasteiger partial charge in [0.25, 0.3) is 0 Å². The van der Waals surface area contributed by atoms with Gasteiger partial charge in [0.05, 0.1) is 11.6 Å². The van der Waals surface area contributed by atoms with Gasteiger partial charge in [0.1, 0.15) is 5.52 Å². The number of aromatic nitrogens is 2. The maximum Gasteiger partial charge on any atom is 0.205 e. The van der Waals surface area contributed by atoms with E-state index in [2.05, 4.69) is 15.9 Å². The molecule has 0 bridgehead atoms. The Morgan fingerprint density at radius 2 is 1.95 bits per heavy atom. The zero-order valence-corrected chi connectivity index (χ0v) is 11.5. The Hall–Kier alpha value is -2.31. The summed E-state index contributed by atoms with van der Waals surface area (Å²) in [5, 5.41) is 0. The molecule has 1 unspecified atom stereocenters. The van der Waals surface area contributed by atoms with E-state index in [1.54, 1.807) is 6.20 Å². The monoisotopic (exact) mass is 284 g/mol. The SMILES string of the molecule is C#CCC(c1ccccn1)c1nc2ccccc2o1.Cl. The number of terminal acetylenes is 1. The fourth-order valence-electron chi connectivity index (χ4n) is 2.06. The van der Waals surface area contributed by atoms with Gasteiger partial charge in [0, 0.05) is 12.6 Å². The number of pyridine rings is 1. The first kappa shape index (κ1) is 14.1. The molecule has 0 aliphatic heterocycles. The number of benzene rings is 1. The van der Waals surface area contributed by atoms with Crippen LogP contribution in [-0.4, -0.2) is 9.97 Å². The summed E-state index contributed by atoms with van der Waals surface area (Å²) in [6.45, 7) is 0. The minimum Gasteiger partial charge on any atom is -0.440 e. The van der Waals surface area contributed by atoms with Crippen molar-refractivity contribution >= 4 is 23.5 Å². The molecule has 0 saturated heterocycles. The number of oxazole rings is 1. The fourth-order valence-corrected chi connectivity index (χ4v) is 2.06. The average Bonchev–Trinajstić information content (AvgIpc) is 2.89. The second-order valence-electron chi connectivity index (χ2n) is 4.24. The lowest BCUT2D eigenvalue weighted by Crippen LogP contribution is -2.02. The van der Waals surface area contributed by atoms with Crippen LogP contribution in [0, 0.1) is 12.3 Å². The molecule has 0 saturated carbocycles. The molecule has 0 aliphatic carbocycles. The Kier molecular flexibility index (Phi) is 4.39. The van der Waals surface area contributed by atoms with Gasteiger partial charge in [-0.25, -0.2) is 4.98 Å². The molecular weight excluding hydrogens is 272 g/mol. The van der Waals surface area contributed by atoms with E-state index in [4.69, 9.17) is 10.8 Å². The second-order valence-corrected chi connectivity index (χ2v) is 4.24. The van der Waals surface area contributed by atoms with E-state index in [9.17, 15) is 0 Å². The van der Waals surface area contributed by atoms with Crippen LogP contribution < -0.4 is 0 Å². The minimum atomic E-state index is -0.0985. The van der Waals surface area contributed by atoms with Gasteiger partial charge in [0.15, 0.2) is 5.58 Å². The summed E-state index contributed by atoms with van der Waals surface area (Å²) in [5.41, 5.74) is 2.50. The number of rotatable bonds is 3. The summed E-state index contributed by atoms with van der Waals surface area (Å²) < 4.78 is 5.79. The predicted octanol–water partition coefficient (Wildman–Crippen LogP) is 3.80. The van der Waals surface area contributed by atoms with E-state index in [1.165, 1.54) is 0 Å². The molecule has 0 fully saturated rings. The molecule has 20 heavy (non-hydrogen) atoms. The van der Waals surface area contributed by atoms with E-state index < -0.39 is 0 Å². The predicted molar refractivity (Wildman–Crippen MR) is 80.8 cm³/mol. The van der Waals surface area contributed by atoms with Gasteiger partial charge >= 0.3 is 0 Å². The van der Waals surface area contributed by atoms with Crippen LogP contribution in [0.5, 0.6) is 0 Å². The van der Waals surface area contributed by atoms with Gasteiger partial charge in [0.2, 0.25) is 5.89 Å². The lowest BCUT2D eigenvalue weighted by molar-refractivity contribution is 0.498. The quantitative estimate of drug-likeness (QED) is 0.687. The van der Waals surface area contributed by atoms with Crippen LogP contribution in [0.1, 0.15) is 23.9 Å². The number of nitrogens with zero attached hydrogens (tertiary/aromatic N) is 2. The third-order valence-electron chi connectivity index (χ3n) is 2.98. The standard InChI is InChI=1S/C16H12N2O.ClH/c1-2-7-12(13-8-5-6-11-17-13)16-18-14-9-3-4-10-15(14)19-16;/h1,3-6,8-12H,7H2;1H. The molecule has 3 nitrogen and oxygen atoms in total. The van der Waals surface area contributed by atoms with Crippen LogP contribution >= 0.6 is 12.4 Å². The smallest absolute Gasteiger partial charge is 0.205 e. The van der Waals surface area contributed by atoms with E-state index in [0.29, 0.717) is 12.3 Å². The summed E-state index contributed by atoms with van der Waals surface area (Å²) in [6, 6.07) is 13.4. The van der Waals surface area contributed by atoms with E-state index >= 15 is 0 Å². The number of hydrogen-bond donors (Lipinski definition) is 0. The molecule has 3 rings (SSSR count). The van der Waals surface area contributed by atoms with Gasteiger partial charge in [-0.3, -0.25) is 4.98 Å². The first-order valence-electron chi connectivity index (χ1n) is 6.08. The summed E-state index contributed by atoms with van der Waals surface area (Å²) >= 11 is 0. The number of hydrogen-bond acceptors (Lipinski definition) is 3. The molecule has 0 N–H and O–H groups in total. The molecule has 3 aromatic rings. The summed E-state index contributed by atoms with van der Waals surface area (Å²) in [5.74, 6) is 3.19. The van der Waals surface area contributed by atoms with Crippen molar-refractivity contribution in [3.05, 3.63) is 60.2 Å². The molecule has 1 atom stereocenters. The first-order chi connectivity index (χ1) is 9.38. The van der Waals surface area contributed by atoms with Crippen molar-refractivity contribution in [3.8, 4) is 12.3 Å². The van der Waals surface area contributed by atoms with Crippen LogP contribution in [-0.2, 0) is 0 Å². The Balaban J connectivity index is 0.00000147. The van der Waals surface area contributed by atoms with Crippen molar-refractivity contribution < 1.29 is 4.42 Å². The van der Waals surface area contributed by atoms with Gasteiger partial charge in [-0.2, -0.15) is 0 Å². The van der Waals surface area contributed by atoms with Crippen LogP contribution in [0.2, 0.25) is 0 Å². The second kappa shape index (κ2) is 6.23. The summed E-state index contributed by atoms with van der Waals surface area (Å²) in [7, 11) is 0. The Bertz CT molecular complexity index is 698. The maximum absolute atomic E-state index is 5.79. The highest BCUT2D eigenvalue weighted by Crippen LogP contribution is 2.28. The Labute approximate surface area is 123 Å². The molecule has 0 amide bonds. The Morgan fingerprint density at radius 3 is 2.65 bits per heavy atom. The summed E-state index contributed by atoms with van der Waals surface area (Å²) in [6.07, 6.45) is 7.72. The minimum absolute atomic E-state index is 0. The third kappa shape index (κ3) is 2.66. The fraction of sp³-hybridized carbons (Fsp3) is 0.125. The van der Waals surface area contributed by atoms with E-state index in [0.717, 1.165) is 16.8 Å². The molecule has 0 spiro atoms. The van der Waals surface area contributed by atoms with E-state index in [-0.39, 0.29) is 18.3 Å². The van der Waals surface area contributed by atoms with Gasteiger partial charge in [-0.1, -0.05) is 18.2 Å². The molecular formula is C16H13ClN2O. The number of para-hydroxylation sites is 2. The lowest BCUT2D eigenvalue weighted by atomic mass is 10.0. The third-order valence-corrected chi connectivity index (χ3v) is 2.98. The van der Waals surface area contributed by atoms with Crippen LogP contribution in [0.25, 0.3) is 11.1 Å². The van der Waals surface area contributed by atoms with Gasteiger partial charge < -0.3 is 4.42 Å². The number of halogens is 1. The topological polar surface area (TPSA) is 38.9 Å². The highest BCUT2D eigenvalue weighted by Gasteiger charge is 2.20. The zero-order valence-electron chi connectivity index (χ0n) is 10.7. The summed E-state index contributed by atoms with van der Waals surface area (Å²) in [4.78, 5) is 8.85. The van der Waals surface area contributed by atoms with Crippen LogP contribution in [0.3, 0.4) is 0 Å². The average molecular weight is 285 g/mol. The van der Waals surface area contributed by atoms with Crippen molar-refractivity contribution in [2.24, 2.45) is 0 Å². The normalized spacial score (nSPS) is 11.6. The highest BCUT2D eigenvalue weighted by molar-refractivity contribution is 5.85. The molecule has 2 aromatic heterocycles. The molecule has 100 valence electrons. The lowest BCUT2D eigenvalue weighted by Gasteiger charge is -2.08. The molecule has 4 heteroatoms. The Morgan fingerprint density at radius 1 is 1.15 bits per heavy atom. The van der Waals surface area contributed by atoms with Crippen molar-refractivity contribution in [2.75, 3.05) is 0 Å². The van der Waals surface area contributed by atoms with Crippen molar-refractivity contribution in [1.29, 1.82) is 0 Å². The molecule has 0 aliphatic rings. The van der Waals surface area contributed by atoms with Crippen LogP contribution in [0.15, 0.2) is 53.1 Å². The first-order valence-corrected chi connectivity index (χ1v) is 6.08. The highest BCUT2D eigenvalue weighted by atomic mass is 35.5. The number of fused-ring (bicyclic) bond motifs is 1.